The molecule has 0 saturated carbocycles. The summed E-state index contributed by atoms with van der Waals surface area (Å²) in [5, 5.41) is 0. The van der Waals surface area contributed by atoms with Gasteiger partial charge in [-0.1, -0.05) is 24.3 Å². The van der Waals surface area contributed by atoms with Gasteiger partial charge in [-0.05, 0) is 36.8 Å². The maximum absolute atomic E-state index is 13.0. The van der Waals surface area contributed by atoms with Crippen molar-refractivity contribution in [2.24, 2.45) is 0 Å². The molecule has 2 nitrogen and oxygen atoms in total. The van der Waals surface area contributed by atoms with Crippen LogP contribution in [0.15, 0.2) is 54.6 Å². The molecule has 2 aromatic carbocycles. The molecule has 3 rings (SSSR count). The predicted octanol–water partition coefficient (Wildman–Crippen LogP) is 4.34. The Kier molecular flexibility index (Phi) is 3.42. The zero-order valence-electron chi connectivity index (χ0n) is 11.2. The Morgan fingerprint density at radius 3 is 2.60 bits per heavy atom. The van der Waals surface area contributed by atoms with Crippen molar-refractivity contribution in [3.05, 3.63) is 71.6 Å². The number of hydrogen-bond acceptors (Lipinski definition) is 2. The lowest BCUT2D eigenvalue weighted by Crippen LogP contribution is -2.12. The third kappa shape index (κ3) is 2.39. The lowest BCUT2D eigenvalue weighted by atomic mass is 10.0. The van der Waals surface area contributed by atoms with E-state index in [4.69, 9.17) is 9.47 Å². The fraction of sp³-hybridized carbons (Fsp3) is 0.176. The highest BCUT2D eigenvalue weighted by molar-refractivity contribution is 5.68. The quantitative estimate of drug-likeness (QED) is 0.826. The number of fused-ring (bicyclic) bond motifs is 1. The van der Waals surface area contributed by atoms with Crippen LogP contribution in [-0.2, 0) is 4.74 Å². The molecule has 1 atom stereocenters. The summed E-state index contributed by atoms with van der Waals surface area (Å²) in [5.74, 6) is 1.34. The summed E-state index contributed by atoms with van der Waals surface area (Å²) in [6.07, 6.45) is 1.67. The highest BCUT2D eigenvalue weighted by Crippen LogP contribution is 2.37. The van der Waals surface area contributed by atoms with Crippen LogP contribution < -0.4 is 4.74 Å². The number of para-hydroxylation sites is 1. The van der Waals surface area contributed by atoms with Crippen LogP contribution in [-0.4, -0.2) is 6.61 Å². The molecule has 0 fully saturated rings. The molecular weight excluding hydrogens is 255 g/mol. The lowest BCUT2D eigenvalue weighted by Gasteiger charge is -2.25. The van der Waals surface area contributed by atoms with Crippen molar-refractivity contribution in [2.75, 3.05) is 6.61 Å². The highest BCUT2D eigenvalue weighted by atomic mass is 19.1. The van der Waals surface area contributed by atoms with Gasteiger partial charge in [-0.15, -0.1) is 0 Å². The molecule has 0 aliphatic carbocycles. The zero-order valence-corrected chi connectivity index (χ0v) is 11.2. The van der Waals surface area contributed by atoms with E-state index in [0.717, 1.165) is 22.6 Å². The van der Waals surface area contributed by atoms with Gasteiger partial charge in [0.05, 0.1) is 12.2 Å². The maximum atomic E-state index is 13.0. The molecule has 0 radical (unpaired) electrons. The van der Waals surface area contributed by atoms with E-state index in [2.05, 4.69) is 0 Å². The van der Waals surface area contributed by atoms with Crippen molar-refractivity contribution in [3.8, 4) is 5.75 Å². The van der Waals surface area contributed by atoms with Crippen LogP contribution in [0.1, 0.15) is 24.2 Å². The van der Waals surface area contributed by atoms with Crippen LogP contribution >= 0.6 is 0 Å². The van der Waals surface area contributed by atoms with Crippen LogP contribution in [0.3, 0.4) is 0 Å². The number of halogens is 1. The third-order valence-corrected chi connectivity index (χ3v) is 3.21. The second kappa shape index (κ2) is 5.37. The molecule has 0 bridgehead atoms. The van der Waals surface area contributed by atoms with E-state index in [0.29, 0.717) is 6.61 Å². The largest absolute Gasteiger partial charge is 0.493 e. The average molecular weight is 270 g/mol. The molecular formula is C17H15FO2. The summed E-state index contributed by atoms with van der Waals surface area (Å²) in [5.41, 5.74) is 1.85. The fourth-order valence-electron chi connectivity index (χ4n) is 2.27. The molecule has 0 saturated heterocycles. The predicted molar refractivity (Wildman–Crippen MR) is 75.8 cm³/mol. The first-order valence-electron chi connectivity index (χ1n) is 6.64. The van der Waals surface area contributed by atoms with Crippen molar-refractivity contribution in [2.45, 2.75) is 13.0 Å². The van der Waals surface area contributed by atoms with E-state index < -0.39 is 0 Å². The number of benzene rings is 2. The summed E-state index contributed by atoms with van der Waals surface area (Å²) in [6, 6.07) is 14.1. The van der Waals surface area contributed by atoms with Gasteiger partial charge in [-0.25, -0.2) is 4.39 Å². The third-order valence-electron chi connectivity index (χ3n) is 3.21. The highest BCUT2D eigenvalue weighted by Gasteiger charge is 2.22. The van der Waals surface area contributed by atoms with Crippen LogP contribution in [0, 0.1) is 5.82 Å². The molecule has 1 heterocycles. The molecule has 0 amide bonds. The van der Waals surface area contributed by atoms with Crippen molar-refractivity contribution >= 4 is 5.76 Å². The topological polar surface area (TPSA) is 18.5 Å². The van der Waals surface area contributed by atoms with Gasteiger partial charge in [0.2, 0.25) is 0 Å². The summed E-state index contributed by atoms with van der Waals surface area (Å²) < 4.78 is 24.7. The molecule has 0 N–H and O–H groups in total. The zero-order chi connectivity index (χ0) is 13.9. The molecule has 102 valence electrons. The van der Waals surface area contributed by atoms with E-state index in [1.54, 1.807) is 12.1 Å². The van der Waals surface area contributed by atoms with E-state index in [9.17, 15) is 4.39 Å². The number of ether oxygens (including phenoxy) is 2. The molecule has 3 heteroatoms. The minimum atomic E-state index is -0.257. The Morgan fingerprint density at radius 1 is 1.10 bits per heavy atom. The lowest BCUT2D eigenvalue weighted by molar-refractivity contribution is 0.228. The van der Waals surface area contributed by atoms with Gasteiger partial charge in [0.1, 0.15) is 23.4 Å². The summed E-state index contributed by atoms with van der Waals surface area (Å²) in [4.78, 5) is 0. The van der Waals surface area contributed by atoms with Crippen molar-refractivity contribution in [1.82, 2.24) is 0 Å². The van der Waals surface area contributed by atoms with Crippen molar-refractivity contribution in [1.29, 1.82) is 0 Å². The van der Waals surface area contributed by atoms with E-state index in [-0.39, 0.29) is 11.9 Å². The van der Waals surface area contributed by atoms with Gasteiger partial charge >= 0.3 is 0 Å². The Bertz CT molecular complexity index is 632. The Balaban J connectivity index is 1.99. The van der Waals surface area contributed by atoms with Gasteiger partial charge in [-0.2, -0.15) is 0 Å². The first-order valence-corrected chi connectivity index (χ1v) is 6.64. The SMILES string of the molecule is CCOC1=CC(c2ccc(F)cc2)Oc2ccccc21. The van der Waals surface area contributed by atoms with Gasteiger partial charge < -0.3 is 9.47 Å². The normalized spacial score (nSPS) is 16.9. The summed E-state index contributed by atoms with van der Waals surface area (Å²) in [6.45, 7) is 2.54. The summed E-state index contributed by atoms with van der Waals surface area (Å²) in [7, 11) is 0. The molecule has 1 aliphatic rings. The van der Waals surface area contributed by atoms with Crippen molar-refractivity contribution < 1.29 is 13.9 Å². The molecule has 0 aromatic heterocycles. The second-order valence-electron chi connectivity index (χ2n) is 4.55. The van der Waals surface area contributed by atoms with Crippen LogP contribution in [0.25, 0.3) is 5.76 Å². The molecule has 2 aromatic rings. The number of hydrogen-bond donors (Lipinski definition) is 0. The molecule has 1 aliphatic heterocycles. The Hall–Kier alpha value is -2.29. The first kappa shape index (κ1) is 12.7. The minimum absolute atomic E-state index is 0.251. The van der Waals surface area contributed by atoms with Crippen LogP contribution in [0.4, 0.5) is 4.39 Å². The maximum Gasteiger partial charge on any atom is 0.146 e. The Morgan fingerprint density at radius 2 is 1.85 bits per heavy atom. The van der Waals surface area contributed by atoms with Gasteiger partial charge in [0.15, 0.2) is 0 Å². The van der Waals surface area contributed by atoms with E-state index in [1.165, 1.54) is 12.1 Å². The van der Waals surface area contributed by atoms with E-state index >= 15 is 0 Å². The van der Waals surface area contributed by atoms with Gasteiger partial charge in [0, 0.05) is 6.08 Å². The molecule has 20 heavy (non-hydrogen) atoms. The van der Waals surface area contributed by atoms with Gasteiger partial charge in [-0.3, -0.25) is 0 Å². The Labute approximate surface area is 117 Å². The standard InChI is InChI=1S/C17H15FO2/c1-2-19-17-11-16(12-7-9-13(18)10-8-12)20-15-6-4-3-5-14(15)17/h3-11,16H,2H2,1H3. The second-order valence-corrected chi connectivity index (χ2v) is 4.55. The monoisotopic (exact) mass is 270 g/mol. The van der Waals surface area contributed by atoms with Crippen LogP contribution in [0.2, 0.25) is 0 Å². The van der Waals surface area contributed by atoms with E-state index in [1.807, 2.05) is 37.3 Å². The summed E-state index contributed by atoms with van der Waals surface area (Å²) >= 11 is 0. The van der Waals surface area contributed by atoms with Gasteiger partial charge in [0.25, 0.3) is 0 Å². The van der Waals surface area contributed by atoms with Crippen LogP contribution in [0.5, 0.6) is 5.75 Å². The van der Waals surface area contributed by atoms with Crippen molar-refractivity contribution in [3.63, 3.8) is 0 Å². The molecule has 0 spiro atoms. The minimum Gasteiger partial charge on any atom is -0.493 e. The fourth-order valence-corrected chi connectivity index (χ4v) is 2.27. The smallest absolute Gasteiger partial charge is 0.146 e. The first-order chi connectivity index (χ1) is 9.78. The average Bonchev–Trinajstić information content (AvgIpc) is 2.48. The number of rotatable bonds is 3. The molecule has 1 unspecified atom stereocenters.